The number of ether oxygens (including phenoxy) is 2. The summed E-state index contributed by atoms with van der Waals surface area (Å²) in [6, 6.07) is 9.75. The summed E-state index contributed by atoms with van der Waals surface area (Å²) in [5, 5.41) is 0. The first kappa shape index (κ1) is 16.9. The number of benzene rings is 1. The first-order valence-corrected chi connectivity index (χ1v) is 8.38. The van der Waals surface area contributed by atoms with Gasteiger partial charge in [-0.3, -0.25) is 9.59 Å². The average molecular weight is 332 g/mol. The molecular formula is C18H24N2O4. The predicted molar refractivity (Wildman–Crippen MR) is 89.7 cm³/mol. The molecule has 0 aromatic heterocycles. The van der Waals surface area contributed by atoms with Gasteiger partial charge in [-0.15, -0.1) is 0 Å². The Morgan fingerprint density at radius 1 is 1.17 bits per heavy atom. The molecule has 130 valence electrons. The molecule has 3 rings (SSSR count). The molecule has 2 aliphatic rings. The van der Waals surface area contributed by atoms with Crippen molar-refractivity contribution in [2.75, 3.05) is 51.5 Å². The summed E-state index contributed by atoms with van der Waals surface area (Å²) in [6.07, 6.45) is 1.47. The van der Waals surface area contributed by atoms with Crippen molar-refractivity contribution in [3.8, 4) is 0 Å². The van der Waals surface area contributed by atoms with E-state index in [-0.39, 0.29) is 23.8 Å². The highest BCUT2D eigenvalue weighted by Crippen LogP contribution is 2.43. The van der Waals surface area contributed by atoms with E-state index in [2.05, 4.69) is 0 Å². The van der Waals surface area contributed by atoms with Crippen molar-refractivity contribution in [3.05, 3.63) is 30.3 Å². The van der Waals surface area contributed by atoms with Gasteiger partial charge in [0, 0.05) is 32.4 Å². The highest BCUT2D eigenvalue weighted by atomic mass is 16.5. The molecule has 24 heavy (non-hydrogen) atoms. The van der Waals surface area contributed by atoms with Gasteiger partial charge in [0.1, 0.15) is 6.61 Å². The summed E-state index contributed by atoms with van der Waals surface area (Å²) in [5.41, 5.74) is 0.682. The van der Waals surface area contributed by atoms with E-state index in [1.54, 1.807) is 12.0 Å². The third-order valence-electron chi connectivity index (χ3n) is 4.96. The van der Waals surface area contributed by atoms with E-state index < -0.39 is 0 Å². The average Bonchev–Trinajstić information content (AvgIpc) is 2.64. The first-order valence-electron chi connectivity index (χ1n) is 8.38. The number of piperidine rings is 1. The van der Waals surface area contributed by atoms with E-state index in [0.29, 0.717) is 26.3 Å². The Balaban J connectivity index is 1.47. The van der Waals surface area contributed by atoms with Crippen molar-refractivity contribution in [2.24, 2.45) is 5.41 Å². The molecule has 2 fully saturated rings. The van der Waals surface area contributed by atoms with Crippen molar-refractivity contribution >= 4 is 17.5 Å². The second-order valence-electron chi connectivity index (χ2n) is 6.43. The Morgan fingerprint density at radius 2 is 1.88 bits per heavy atom. The smallest absolute Gasteiger partial charge is 0.248 e. The van der Waals surface area contributed by atoms with Crippen LogP contribution in [0.4, 0.5) is 5.69 Å². The summed E-state index contributed by atoms with van der Waals surface area (Å²) in [4.78, 5) is 28.4. The van der Waals surface area contributed by atoms with E-state index in [9.17, 15) is 9.59 Å². The van der Waals surface area contributed by atoms with Crippen LogP contribution in [0.15, 0.2) is 30.3 Å². The van der Waals surface area contributed by atoms with E-state index in [0.717, 1.165) is 25.1 Å². The van der Waals surface area contributed by atoms with Gasteiger partial charge in [0.05, 0.1) is 18.6 Å². The Hall–Kier alpha value is -1.92. The molecule has 6 nitrogen and oxygen atoms in total. The molecule has 1 aromatic carbocycles. The fraction of sp³-hybridized carbons (Fsp3) is 0.556. The number of hydrogen-bond donors (Lipinski definition) is 0. The Labute approximate surface area is 142 Å². The van der Waals surface area contributed by atoms with Crippen LogP contribution < -0.4 is 4.90 Å². The number of carbonyl (C=O) groups excluding carboxylic acids is 2. The van der Waals surface area contributed by atoms with E-state index in [1.807, 2.05) is 35.2 Å². The lowest BCUT2D eigenvalue weighted by molar-refractivity contribution is -0.146. The number of carbonyl (C=O) groups is 2. The predicted octanol–water partition coefficient (Wildman–Crippen LogP) is 1.30. The molecule has 1 aromatic rings. The van der Waals surface area contributed by atoms with Gasteiger partial charge in [0.25, 0.3) is 0 Å². The molecule has 1 spiro atoms. The van der Waals surface area contributed by atoms with Crippen molar-refractivity contribution in [1.29, 1.82) is 0 Å². The quantitative estimate of drug-likeness (QED) is 0.582. The topological polar surface area (TPSA) is 59.1 Å². The van der Waals surface area contributed by atoms with Crippen molar-refractivity contribution in [1.82, 2.24) is 4.90 Å². The molecular weight excluding hydrogens is 308 g/mol. The van der Waals surface area contributed by atoms with Crippen LogP contribution in [0.5, 0.6) is 0 Å². The van der Waals surface area contributed by atoms with E-state index in [1.165, 1.54) is 0 Å². The van der Waals surface area contributed by atoms with Gasteiger partial charge in [-0.25, -0.2) is 0 Å². The molecule has 0 atom stereocenters. The molecule has 0 bridgehead atoms. The lowest BCUT2D eigenvalue weighted by Gasteiger charge is -2.52. The number of methoxy groups -OCH3 is 1. The maximum atomic E-state index is 12.6. The second-order valence-corrected chi connectivity index (χ2v) is 6.43. The summed E-state index contributed by atoms with van der Waals surface area (Å²) >= 11 is 0. The molecule has 0 radical (unpaired) electrons. The summed E-state index contributed by atoms with van der Waals surface area (Å²) in [7, 11) is 1.60. The molecule has 0 N–H and O–H groups in total. The van der Waals surface area contributed by atoms with Gasteiger partial charge in [-0.2, -0.15) is 0 Å². The molecule has 2 saturated heterocycles. The normalized spacial score (nSPS) is 19.5. The second kappa shape index (κ2) is 7.32. The van der Waals surface area contributed by atoms with Crippen molar-refractivity contribution in [2.45, 2.75) is 12.8 Å². The zero-order chi connectivity index (χ0) is 17.0. The molecule has 2 amide bonds. The third kappa shape index (κ3) is 3.30. The number of anilines is 1. The first-order chi connectivity index (χ1) is 11.7. The van der Waals surface area contributed by atoms with Gasteiger partial charge in [0.15, 0.2) is 0 Å². The van der Waals surface area contributed by atoms with Crippen molar-refractivity contribution in [3.63, 3.8) is 0 Å². The zero-order valence-corrected chi connectivity index (χ0v) is 14.1. The van der Waals surface area contributed by atoms with Crippen LogP contribution >= 0.6 is 0 Å². The molecule has 0 aliphatic carbocycles. The molecule has 0 unspecified atom stereocenters. The third-order valence-corrected chi connectivity index (χ3v) is 4.96. The number of rotatable bonds is 6. The largest absolute Gasteiger partial charge is 0.382 e. The summed E-state index contributed by atoms with van der Waals surface area (Å²) < 4.78 is 10.2. The minimum Gasteiger partial charge on any atom is -0.382 e. The highest BCUT2D eigenvalue weighted by molar-refractivity contribution is 6.04. The van der Waals surface area contributed by atoms with Crippen LogP contribution in [-0.4, -0.2) is 63.3 Å². The van der Waals surface area contributed by atoms with Gasteiger partial charge < -0.3 is 19.3 Å². The van der Waals surface area contributed by atoms with E-state index in [4.69, 9.17) is 9.47 Å². The maximum Gasteiger partial charge on any atom is 0.248 e. The Morgan fingerprint density at radius 3 is 2.50 bits per heavy atom. The van der Waals surface area contributed by atoms with Crippen molar-refractivity contribution < 1.29 is 19.1 Å². The number of hydrogen-bond acceptors (Lipinski definition) is 4. The maximum absolute atomic E-state index is 12.6. The summed E-state index contributed by atoms with van der Waals surface area (Å²) in [5.74, 6) is 0.185. The van der Waals surface area contributed by atoms with Crippen LogP contribution in [0.1, 0.15) is 12.8 Å². The fourth-order valence-corrected chi connectivity index (χ4v) is 3.40. The molecule has 2 heterocycles. The van der Waals surface area contributed by atoms with Gasteiger partial charge in [-0.05, 0) is 25.0 Å². The van der Waals surface area contributed by atoms with Crippen LogP contribution in [0.25, 0.3) is 0 Å². The molecule has 6 heteroatoms. The minimum atomic E-state index is -0.274. The number of likely N-dealkylation sites (tertiary alicyclic amines) is 1. The fourth-order valence-electron chi connectivity index (χ4n) is 3.40. The van der Waals surface area contributed by atoms with Gasteiger partial charge in [0.2, 0.25) is 11.8 Å². The van der Waals surface area contributed by atoms with E-state index >= 15 is 0 Å². The standard InChI is InChI=1S/C18H24N2O4/c1-23-11-12-24-13-16(21)19-9-7-18(8-10-19)14-20(17(18)22)15-5-3-2-4-6-15/h2-6H,7-14H2,1H3. The minimum absolute atomic E-state index is 0.00681. The lowest BCUT2D eigenvalue weighted by Crippen LogP contribution is -2.65. The monoisotopic (exact) mass is 332 g/mol. The number of para-hydroxylation sites is 1. The number of amides is 2. The Kier molecular flexibility index (Phi) is 5.16. The summed E-state index contributed by atoms with van der Waals surface area (Å²) in [6.45, 7) is 3.00. The Bertz CT molecular complexity index is 582. The highest BCUT2D eigenvalue weighted by Gasteiger charge is 2.53. The number of β-lactam (4-membered cyclic amide) rings is 1. The number of nitrogens with zero attached hydrogens (tertiary/aromatic N) is 2. The molecule has 0 saturated carbocycles. The van der Waals surface area contributed by atoms with Crippen LogP contribution in [0.3, 0.4) is 0 Å². The van der Waals surface area contributed by atoms with Crippen LogP contribution in [0.2, 0.25) is 0 Å². The zero-order valence-electron chi connectivity index (χ0n) is 14.1. The van der Waals surface area contributed by atoms with Gasteiger partial charge >= 0.3 is 0 Å². The lowest BCUT2D eigenvalue weighted by atomic mass is 9.71. The van der Waals surface area contributed by atoms with Crippen LogP contribution in [-0.2, 0) is 19.1 Å². The van der Waals surface area contributed by atoms with Crippen LogP contribution in [0, 0.1) is 5.41 Å². The van der Waals surface area contributed by atoms with Gasteiger partial charge in [-0.1, -0.05) is 18.2 Å². The SMILES string of the molecule is COCCOCC(=O)N1CCC2(CC1)CN(c1ccccc1)C2=O. The molecule has 2 aliphatic heterocycles.